The first-order valence-electron chi connectivity index (χ1n) is 10.5. The Bertz CT molecular complexity index is 720. The zero-order chi connectivity index (χ0) is 20.8. The van der Waals surface area contributed by atoms with Gasteiger partial charge in [0.05, 0.1) is 30.5 Å². The highest BCUT2D eigenvalue weighted by atomic mass is 35.5. The van der Waals surface area contributed by atoms with E-state index in [1.165, 1.54) is 0 Å². The molecule has 8 heteroatoms. The van der Waals surface area contributed by atoms with Crippen LogP contribution in [-0.2, 0) is 9.53 Å². The monoisotopic (exact) mass is 422 g/mol. The van der Waals surface area contributed by atoms with Crippen molar-refractivity contribution in [1.29, 1.82) is 0 Å². The predicted octanol–water partition coefficient (Wildman–Crippen LogP) is 3.29. The van der Waals surface area contributed by atoms with E-state index in [2.05, 4.69) is 10.2 Å². The zero-order valence-corrected chi connectivity index (χ0v) is 18.1. The van der Waals surface area contributed by atoms with Crippen LogP contribution < -0.4 is 10.2 Å². The van der Waals surface area contributed by atoms with Crippen LogP contribution in [0.1, 0.15) is 26.7 Å². The summed E-state index contributed by atoms with van der Waals surface area (Å²) in [5.41, 5.74) is 1.68. The Kier molecular flexibility index (Phi) is 7.61. The number of halogens is 1. The number of nitrogens with one attached hydrogen (secondary N) is 1. The van der Waals surface area contributed by atoms with Gasteiger partial charge >= 0.3 is 6.03 Å². The van der Waals surface area contributed by atoms with E-state index in [9.17, 15) is 9.59 Å². The van der Waals surface area contributed by atoms with Gasteiger partial charge in [-0.25, -0.2) is 4.79 Å². The average Bonchev–Trinajstić information content (AvgIpc) is 2.75. The summed E-state index contributed by atoms with van der Waals surface area (Å²) in [4.78, 5) is 31.5. The Morgan fingerprint density at radius 2 is 1.93 bits per heavy atom. The lowest BCUT2D eigenvalue weighted by Crippen LogP contribution is -2.49. The minimum atomic E-state index is -0.222. The van der Waals surface area contributed by atoms with Gasteiger partial charge in [-0.3, -0.25) is 4.79 Å². The summed E-state index contributed by atoms with van der Waals surface area (Å²) in [5, 5.41) is 3.66. The third-order valence-electron chi connectivity index (χ3n) is 5.66. The standard InChI is InChI=1S/C21H31ClN4O3/c1-3-24(4-2)21(28)26-9-5-6-16(15-26)20(27)23-18-14-17(22)7-8-19(18)25-10-12-29-13-11-25/h7-8,14,16H,3-6,9-13,15H2,1-2H3,(H,23,27)/t16-/m0/s1. The fourth-order valence-electron chi connectivity index (χ4n) is 3.98. The van der Waals surface area contributed by atoms with Crippen molar-refractivity contribution in [2.75, 3.05) is 62.7 Å². The molecule has 3 rings (SSSR count). The second kappa shape index (κ2) is 10.2. The largest absolute Gasteiger partial charge is 0.378 e. The first-order valence-corrected chi connectivity index (χ1v) is 10.9. The van der Waals surface area contributed by atoms with E-state index in [0.29, 0.717) is 44.4 Å². The second-order valence-corrected chi connectivity index (χ2v) is 7.93. The zero-order valence-electron chi connectivity index (χ0n) is 17.3. The van der Waals surface area contributed by atoms with Crippen LogP contribution >= 0.6 is 11.6 Å². The Hall–Kier alpha value is -1.99. The van der Waals surface area contributed by atoms with Gasteiger partial charge in [0.2, 0.25) is 5.91 Å². The Balaban J connectivity index is 1.69. The highest BCUT2D eigenvalue weighted by Crippen LogP contribution is 2.31. The van der Waals surface area contributed by atoms with Gasteiger partial charge in [0.15, 0.2) is 0 Å². The number of piperidine rings is 1. The molecule has 3 amide bonds. The molecule has 2 aliphatic rings. The minimum Gasteiger partial charge on any atom is -0.378 e. The van der Waals surface area contributed by atoms with E-state index in [0.717, 1.165) is 37.3 Å². The second-order valence-electron chi connectivity index (χ2n) is 7.49. The van der Waals surface area contributed by atoms with Crippen molar-refractivity contribution in [3.8, 4) is 0 Å². The highest BCUT2D eigenvalue weighted by Gasteiger charge is 2.30. The van der Waals surface area contributed by atoms with Gasteiger partial charge in [0.25, 0.3) is 0 Å². The van der Waals surface area contributed by atoms with E-state index >= 15 is 0 Å². The van der Waals surface area contributed by atoms with Gasteiger partial charge in [0, 0.05) is 44.3 Å². The highest BCUT2D eigenvalue weighted by molar-refractivity contribution is 6.31. The van der Waals surface area contributed by atoms with E-state index in [1.807, 2.05) is 30.9 Å². The van der Waals surface area contributed by atoms with Gasteiger partial charge in [-0.2, -0.15) is 0 Å². The summed E-state index contributed by atoms with van der Waals surface area (Å²) in [6, 6.07) is 5.60. The summed E-state index contributed by atoms with van der Waals surface area (Å²) in [5.74, 6) is -0.279. The molecule has 7 nitrogen and oxygen atoms in total. The fraction of sp³-hybridized carbons (Fsp3) is 0.619. The number of anilines is 2. The fourth-order valence-corrected chi connectivity index (χ4v) is 4.15. The van der Waals surface area contributed by atoms with Gasteiger partial charge < -0.3 is 24.8 Å². The summed E-state index contributed by atoms with van der Waals surface area (Å²) in [6.07, 6.45) is 1.61. The molecule has 2 heterocycles. The molecule has 0 aliphatic carbocycles. The predicted molar refractivity (Wildman–Crippen MR) is 116 cm³/mol. The molecule has 1 aromatic rings. The van der Waals surface area contributed by atoms with Crippen LogP contribution in [0, 0.1) is 5.92 Å². The van der Waals surface area contributed by atoms with E-state index in [1.54, 1.807) is 11.0 Å². The topological polar surface area (TPSA) is 65.1 Å². The van der Waals surface area contributed by atoms with Crippen molar-refractivity contribution in [2.24, 2.45) is 5.92 Å². The van der Waals surface area contributed by atoms with Crippen molar-refractivity contribution in [3.63, 3.8) is 0 Å². The maximum Gasteiger partial charge on any atom is 0.320 e. The van der Waals surface area contributed by atoms with Crippen LogP contribution in [0.3, 0.4) is 0 Å². The maximum absolute atomic E-state index is 13.0. The normalized spacial score (nSPS) is 19.8. The number of nitrogens with zero attached hydrogens (tertiary/aromatic N) is 3. The molecule has 1 atom stereocenters. The summed E-state index contributed by atoms with van der Waals surface area (Å²) in [7, 11) is 0. The van der Waals surface area contributed by atoms with Crippen molar-refractivity contribution >= 4 is 34.9 Å². The van der Waals surface area contributed by atoms with Crippen molar-refractivity contribution in [3.05, 3.63) is 23.2 Å². The van der Waals surface area contributed by atoms with Crippen LogP contribution in [0.5, 0.6) is 0 Å². The quantitative estimate of drug-likeness (QED) is 0.790. The van der Waals surface area contributed by atoms with Gasteiger partial charge in [-0.15, -0.1) is 0 Å². The molecule has 0 saturated carbocycles. The van der Waals surface area contributed by atoms with Crippen molar-refractivity contribution in [1.82, 2.24) is 9.80 Å². The Morgan fingerprint density at radius 1 is 1.21 bits per heavy atom. The van der Waals surface area contributed by atoms with E-state index in [-0.39, 0.29) is 17.9 Å². The number of carbonyl (C=O) groups is 2. The smallest absolute Gasteiger partial charge is 0.320 e. The molecule has 0 radical (unpaired) electrons. The molecular formula is C21H31ClN4O3. The number of amides is 3. The molecule has 2 aliphatic heterocycles. The number of morpholine rings is 1. The number of benzene rings is 1. The molecule has 160 valence electrons. The Morgan fingerprint density at radius 3 is 2.62 bits per heavy atom. The molecule has 1 N–H and O–H groups in total. The van der Waals surface area contributed by atoms with Crippen LogP contribution in [0.2, 0.25) is 5.02 Å². The number of rotatable bonds is 5. The van der Waals surface area contributed by atoms with Crippen molar-refractivity contribution in [2.45, 2.75) is 26.7 Å². The first-order chi connectivity index (χ1) is 14.0. The molecule has 0 aromatic heterocycles. The lowest BCUT2D eigenvalue weighted by atomic mass is 9.97. The summed E-state index contributed by atoms with van der Waals surface area (Å²) < 4.78 is 5.44. The molecule has 0 bridgehead atoms. The van der Waals surface area contributed by atoms with Gasteiger partial charge in [0.1, 0.15) is 0 Å². The number of likely N-dealkylation sites (tertiary alicyclic amines) is 1. The lowest BCUT2D eigenvalue weighted by Gasteiger charge is -2.35. The van der Waals surface area contributed by atoms with Crippen LogP contribution in [0.15, 0.2) is 18.2 Å². The maximum atomic E-state index is 13.0. The lowest BCUT2D eigenvalue weighted by molar-refractivity contribution is -0.121. The number of urea groups is 1. The third-order valence-corrected chi connectivity index (χ3v) is 5.90. The van der Waals surface area contributed by atoms with Crippen LogP contribution in [-0.4, -0.2) is 74.2 Å². The molecule has 29 heavy (non-hydrogen) atoms. The molecule has 2 saturated heterocycles. The molecule has 1 aromatic carbocycles. The summed E-state index contributed by atoms with van der Waals surface area (Å²) >= 11 is 6.20. The third kappa shape index (κ3) is 5.34. The SMILES string of the molecule is CCN(CC)C(=O)N1CCC[C@H](C(=O)Nc2cc(Cl)ccc2N2CCOCC2)C1. The number of hydrogen-bond donors (Lipinski definition) is 1. The van der Waals surface area contributed by atoms with Crippen molar-refractivity contribution < 1.29 is 14.3 Å². The summed E-state index contributed by atoms with van der Waals surface area (Å²) in [6.45, 7) is 9.35. The van der Waals surface area contributed by atoms with Gasteiger partial charge in [-0.05, 0) is 44.9 Å². The molecule has 0 unspecified atom stereocenters. The molecule has 0 spiro atoms. The molecule has 2 fully saturated rings. The van der Waals surface area contributed by atoms with Crippen LogP contribution in [0.4, 0.5) is 16.2 Å². The number of ether oxygens (including phenoxy) is 1. The van der Waals surface area contributed by atoms with Gasteiger partial charge in [-0.1, -0.05) is 11.6 Å². The first kappa shape index (κ1) is 21.7. The van der Waals surface area contributed by atoms with E-state index < -0.39 is 0 Å². The average molecular weight is 423 g/mol. The molecular weight excluding hydrogens is 392 g/mol. The van der Waals surface area contributed by atoms with E-state index in [4.69, 9.17) is 16.3 Å². The number of carbonyl (C=O) groups excluding carboxylic acids is 2. The number of hydrogen-bond acceptors (Lipinski definition) is 4. The van der Waals surface area contributed by atoms with Crippen LogP contribution in [0.25, 0.3) is 0 Å². The Labute approximate surface area is 177 Å². The minimum absolute atomic E-state index is 0.0178.